The second-order valence-corrected chi connectivity index (χ2v) is 5.48. The zero-order valence-corrected chi connectivity index (χ0v) is 12.9. The highest BCUT2D eigenvalue weighted by molar-refractivity contribution is 6.39. The molecule has 1 aromatic rings. The largest absolute Gasteiger partial charge is 0.324 e. The van der Waals surface area contributed by atoms with E-state index in [4.69, 9.17) is 23.2 Å². The van der Waals surface area contributed by atoms with E-state index in [0.717, 1.165) is 12.8 Å². The molecule has 0 spiro atoms. The number of hydrogen-bond acceptors (Lipinski definition) is 1. The Hall–Kier alpha value is -0.730. The second kappa shape index (κ2) is 9.22. The van der Waals surface area contributed by atoms with Gasteiger partial charge in [0.15, 0.2) is 0 Å². The molecule has 0 heterocycles. The quantitative estimate of drug-likeness (QED) is 0.615. The SMILES string of the molecule is CCCCCCCCC(=O)Nc1c(Cl)cccc1Cl. The summed E-state index contributed by atoms with van der Waals surface area (Å²) >= 11 is 12.0. The number of carbonyl (C=O) groups excluding carboxylic acids is 1. The molecule has 0 saturated heterocycles. The van der Waals surface area contributed by atoms with Gasteiger partial charge in [-0.25, -0.2) is 0 Å². The summed E-state index contributed by atoms with van der Waals surface area (Å²) in [6, 6.07) is 5.19. The Balaban J connectivity index is 2.28. The fourth-order valence-corrected chi connectivity index (χ4v) is 2.38. The van der Waals surface area contributed by atoms with Gasteiger partial charge >= 0.3 is 0 Å². The Morgan fingerprint density at radius 1 is 1.05 bits per heavy atom. The molecule has 1 amide bonds. The van der Waals surface area contributed by atoms with Gasteiger partial charge in [0, 0.05) is 6.42 Å². The van der Waals surface area contributed by atoms with Gasteiger partial charge in [-0.1, -0.05) is 68.3 Å². The number of amides is 1. The monoisotopic (exact) mass is 301 g/mol. The molecule has 0 aliphatic carbocycles. The highest BCUT2D eigenvalue weighted by Crippen LogP contribution is 2.29. The highest BCUT2D eigenvalue weighted by Gasteiger charge is 2.08. The number of para-hydroxylation sites is 1. The highest BCUT2D eigenvalue weighted by atomic mass is 35.5. The Morgan fingerprint density at radius 3 is 2.26 bits per heavy atom. The number of hydrogen-bond donors (Lipinski definition) is 1. The summed E-state index contributed by atoms with van der Waals surface area (Å²) in [6.45, 7) is 2.20. The molecular formula is C15H21Cl2NO. The molecule has 0 atom stereocenters. The van der Waals surface area contributed by atoms with Crippen LogP contribution in [0.1, 0.15) is 51.9 Å². The van der Waals surface area contributed by atoms with Crippen molar-refractivity contribution in [2.45, 2.75) is 51.9 Å². The van der Waals surface area contributed by atoms with Crippen LogP contribution in [0.5, 0.6) is 0 Å². The second-order valence-electron chi connectivity index (χ2n) is 4.66. The predicted molar refractivity (Wildman–Crippen MR) is 83.1 cm³/mol. The lowest BCUT2D eigenvalue weighted by molar-refractivity contribution is -0.116. The molecule has 1 rings (SSSR count). The third kappa shape index (κ3) is 6.31. The van der Waals surface area contributed by atoms with Gasteiger partial charge in [0.25, 0.3) is 0 Å². The van der Waals surface area contributed by atoms with Crippen molar-refractivity contribution in [1.29, 1.82) is 0 Å². The molecule has 1 aromatic carbocycles. The third-order valence-corrected chi connectivity index (χ3v) is 3.61. The number of unbranched alkanes of at least 4 members (excludes halogenated alkanes) is 5. The lowest BCUT2D eigenvalue weighted by atomic mass is 10.1. The Bertz CT molecular complexity index is 387. The van der Waals surface area contributed by atoms with Crippen LogP contribution in [0.15, 0.2) is 18.2 Å². The smallest absolute Gasteiger partial charge is 0.224 e. The Morgan fingerprint density at radius 2 is 1.63 bits per heavy atom. The number of halogens is 2. The van der Waals surface area contributed by atoms with Crippen molar-refractivity contribution in [3.05, 3.63) is 28.2 Å². The number of benzene rings is 1. The zero-order chi connectivity index (χ0) is 14.1. The van der Waals surface area contributed by atoms with Crippen LogP contribution in [0.2, 0.25) is 10.0 Å². The lowest BCUT2D eigenvalue weighted by Crippen LogP contribution is -2.11. The van der Waals surface area contributed by atoms with E-state index in [-0.39, 0.29) is 5.91 Å². The molecule has 0 aliphatic heterocycles. The summed E-state index contributed by atoms with van der Waals surface area (Å²) in [6.07, 6.45) is 7.52. The van der Waals surface area contributed by atoms with Gasteiger partial charge in [-0.05, 0) is 18.6 Å². The minimum absolute atomic E-state index is 0.0227. The predicted octanol–water partition coefficient (Wildman–Crippen LogP) is 5.68. The summed E-state index contributed by atoms with van der Waals surface area (Å²) in [5.74, 6) is -0.0227. The molecule has 19 heavy (non-hydrogen) atoms. The normalized spacial score (nSPS) is 10.5. The third-order valence-electron chi connectivity index (χ3n) is 2.98. The van der Waals surface area contributed by atoms with E-state index in [1.165, 1.54) is 25.7 Å². The van der Waals surface area contributed by atoms with Crippen molar-refractivity contribution in [3.63, 3.8) is 0 Å². The van der Waals surface area contributed by atoms with Crippen molar-refractivity contribution in [2.75, 3.05) is 5.32 Å². The standard InChI is InChI=1S/C15H21Cl2NO/c1-2-3-4-5-6-7-11-14(19)18-15-12(16)9-8-10-13(15)17/h8-10H,2-7,11H2,1H3,(H,18,19). The molecule has 0 saturated carbocycles. The maximum atomic E-state index is 11.8. The van der Waals surface area contributed by atoms with E-state index in [0.29, 0.717) is 22.2 Å². The Kier molecular flexibility index (Phi) is 7.92. The first-order valence-corrected chi connectivity index (χ1v) is 7.64. The van der Waals surface area contributed by atoms with Crippen LogP contribution < -0.4 is 5.32 Å². The van der Waals surface area contributed by atoms with Crippen LogP contribution in [0, 0.1) is 0 Å². The Labute approximate surface area is 125 Å². The van der Waals surface area contributed by atoms with Gasteiger partial charge in [0.2, 0.25) is 5.91 Å². The van der Waals surface area contributed by atoms with Crippen LogP contribution >= 0.6 is 23.2 Å². The molecule has 4 heteroatoms. The average Bonchev–Trinajstić information content (AvgIpc) is 2.38. The summed E-state index contributed by atoms with van der Waals surface area (Å²) < 4.78 is 0. The van der Waals surface area contributed by atoms with E-state index in [1.807, 2.05) is 0 Å². The van der Waals surface area contributed by atoms with Crippen molar-refractivity contribution >= 4 is 34.8 Å². The molecular weight excluding hydrogens is 281 g/mol. The maximum absolute atomic E-state index is 11.8. The van der Waals surface area contributed by atoms with Crippen LogP contribution in [0.4, 0.5) is 5.69 Å². The first-order chi connectivity index (χ1) is 9.15. The lowest BCUT2D eigenvalue weighted by Gasteiger charge is -2.08. The first-order valence-electron chi connectivity index (χ1n) is 6.89. The number of nitrogens with one attached hydrogen (secondary N) is 1. The number of carbonyl (C=O) groups is 1. The summed E-state index contributed by atoms with van der Waals surface area (Å²) in [5, 5.41) is 3.73. The molecule has 0 unspecified atom stereocenters. The van der Waals surface area contributed by atoms with E-state index in [2.05, 4.69) is 12.2 Å². The minimum atomic E-state index is -0.0227. The van der Waals surface area contributed by atoms with Gasteiger partial charge < -0.3 is 5.32 Å². The van der Waals surface area contributed by atoms with E-state index >= 15 is 0 Å². The van der Waals surface area contributed by atoms with Crippen LogP contribution in [-0.4, -0.2) is 5.91 Å². The van der Waals surface area contributed by atoms with Gasteiger partial charge in [0.05, 0.1) is 15.7 Å². The van der Waals surface area contributed by atoms with Gasteiger partial charge in [0.1, 0.15) is 0 Å². The van der Waals surface area contributed by atoms with Crippen molar-refractivity contribution in [2.24, 2.45) is 0 Å². The fraction of sp³-hybridized carbons (Fsp3) is 0.533. The van der Waals surface area contributed by atoms with Crippen molar-refractivity contribution in [1.82, 2.24) is 0 Å². The zero-order valence-electron chi connectivity index (χ0n) is 11.3. The van der Waals surface area contributed by atoms with Crippen LogP contribution in [0.3, 0.4) is 0 Å². The van der Waals surface area contributed by atoms with Crippen molar-refractivity contribution in [3.8, 4) is 0 Å². The molecule has 106 valence electrons. The molecule has 0 fully saturated rings. The van der Waals surface area contributed by atoms with Gasteiger partial charge in [-0.15, -0.1) is 0 Å². The summed E-state index contributed by atoms with van der Waals surface area (Å²) in [5.41, 5.74) is 0.516. The van der Waals surface area contributed by atoms with Gasteiger partial charge in [-0.3, -0.25) is 4.79 Å². The van der Waals surface area contributed by atoms with Crippen molar-refractivity contribution < 1.29 is 4.79 Å². The molecule has 0 radical (unpaired) electrons. The van der Waals surface area contributed by atoms with Crippen LogP contribution in [-0.2, 0) is 4.79 Å². The molecule has 0 aliphatic rings. The number of anilines is 1. The topological polar surface area (TPSA) is 29.1 Å². The molecule has 2 nitrogen and oxygen atoms in total. The minimum Gasteiger partial charge on any atom is -0.324 e. The maximum Gasteiger partial charge on any atom is 0.224 e. The summed E-state index contributed by atoms with van der Waals surface area (Å²) in [7, 11) is 0. The number of rotatable bonds is 8. The fourth-order valence-electron chi connectivity index (χ4n) is 1.89. The molecule has 0 aromatic heterocycles. The molecule has 0 bridgehead atoms. The van der Waals surface area contributed by atoms with E-state index in [1.54, 1.807) is 18.2 Å². The average molecular weight is 302 g/mol. The van der Waals surface area contributed by atoms with E-state index in [9.17, 15) is 4.79 Å². The van der Waals surface area contributed by atoms with E-state index < -0.39 is 0 Å². The summed E-state index contributed by atoms with van der Waals surface area (Å²) in [4.78, 5) is 11.8. The van der Waals surface area contributed by atoms with Crippen LogP contribution in [0.25, 0.3) is 0 Å². The van der Waals surface area contributed by atoms with Gasteiger partial charge in [-0.2, -0.15) is 0 Å². The molecule has 1 N–H and O–H groups in total. The first kappa shape index (κ1) is 16.3.